The van der Waals surface area contributed by atoms with Crippen LogP contribution in [0.15, 0.2) is 34.9 Å². The molecular weight excluding hydrogens is 436 g/mol. The zero-order valence-corrected chi connectivity index (χ0v) is 18.9. The summed E-state index contributed by atoms with van der Waals surface area (Å²) in [5, 5.41) is 0. The van der Waals surface area contributed by atoms with Gasteiger partial charge in [-0.25, -0.2) is 9.59 Å². The van der Waals surface area contributed by atoms with E-state index in [0.29, 0.717) is 11.1 Å². The number of hydrogen-bond donors (Lipinski definition) is 0. The quantitative estimate of drug-likeness (QED) is 0.186. The summed E-state index contributed by atoms with van der Waals surface area (Å²) in [5.74, 6) is -2.39. The summed E-state index contributed by atoms with van der Waals surface area (Å²) in [6.07, 6.45) is -0.947. The second-order valence-corrected chi connectivity index (χ2v) is 8.77. The van der Waals surface area contributed by atoms with E-state index in [9.17, 15) is 19.2 Å². The minimum Gasteiger partial charge on any atom is -0.461 e. The van der Waals surface area contributed by atoms with Crippen LogP contribution >= 0.6 is 0 Å². The molecule has 0 N–H and O–H groups in total. The lowest BCUT2D eigenvalue weighted by molar-refractivity contribution is -0.144. The second kappa shape index (κ2) is 8.42. The van der Waals surface area contributed by atoms with Gasteiger partial charge in [-0.05, 0) is 19.4 Å². The van der Waals surface area contributed by atoms with Crippen molar-refractivity contribution in [3.8, 4) is 0 Å². The van der Waals surface area contributed by atoms with Crippen molar-refractivity contribution in [2.75, 3.05) is 13.2 Å². The summed E-state index contributed by atoms with van der Waals surface area (Å²) in [7, 11) is 0. The van der Waals surface area contributed by atoms with Crippen molar-refractivity contribution in [2.24, 2.45) is 0 Å². The molecule has 178 valence electrons. The molecule has 4 aliphatic rings. The van der Waals surface area contributed by atoms with Crippen LogP contribution in [0.25, 0.3) is 0 Å². The third-order valence-corrected chi connectivity index (χ3v) is 6.06. The molecule has 0 bridgehead atoms. The van der Waals surface area contributed by atoms with E-state index in [1.54, 1.807) is 0 Å². The Labute approximate surface area is 190 Å². The molecule has 0 saturated carbocycles. The van der Waals surface area contributed by atoms with E-state index in [-0.39, 0.29) is 43.0 Å². The summed E-state index contributed by atoms with van der Waals surface area (Å²) >= 11 is 0. The zero-order chi connectivity index (χ0) is 24.1. The van der Waals surface area contributed by atoms with E-state index in [1.165, 1.54) is 20.8 Å². The fraction of sp³-hybridized carbons (Fsp3) is 0.565. The normalized spacial score (nSPS) is 35.6. The number of epoxide rings is 2. The average Bonchev–Trinajstić information content (AvgIpc) is 3.61. The molecule has 3 aliphatic heterocycles. The SMILES string of the molecule is C=C(C)C(=O)O[C@H]1C/C(COC(C)=O)=C\[C@H]2O[C@H]2[C@]2(C)O[C@H]2[C@H]2OC(=O)C(COC(C)=O)=C12. The maximum Gasteiger partial charge on any atom is 0.338 e. The van der Waals surface area contributed by atoms with Crippen LogP contribution in [-0.4, -0.2) is 73.2 Å². The van der Waals surface area contributed by atoms with Gasteiger partial charge in [0.25, 0.3) is 0 Å². The predicted octanol–water partition coefficient (Wildman–Crippen LogP) is 1.08. The first-order chi connectivity index (χ1) is 15.5. The number of carbonyl (C=O) groups is 4. The van der Waals surface area contributed by atoms with Crippen LogP contribution in [0.1, 0.15) is 34.1 Å². The lowest BCUT2D eigenvalue weighted by Crippen LogP contribution is -2.35. The molecule has 2 saturated heterocycles. The highest BCUT2D eigenvalue weighted by atomic mass is 16.7. The molecule has 0 spiro atoms. The number of esters is 4. The van der Waals surface area contributed by atoms with Crippen molar-refractivity contribution in [3.63, 3.8) is 0 Å². The topological polar surface area (TPSA) is 130 Å². The fourth-order valence-electron chi connectivity index (χ4n) is 4.29. The average molecular weight is 462 g/mol. The van der Waals surface area contributed by atoms with Gasteiger partial charge in [0.05, 0.1) is 5.57 Å². The summed E-state index contributed by atoms with van der Waals surface area (Å²) in [4.78, 5) is 48.1. The lowest BCUT2D eigenvalue weighted by atomic mass is 9.86. The summed E-state index contributed by atoms with van der Waals surface area (Å²) in [5.41, 5.74) is 0.531. The van der Waals surface area contributed by atoms with E-state index >= 15 is 0 Å². The van der Waals surface area contributed by atoms with Gasteiger partial charge in [-0.2, -0.15) is 0 Å². The van der Waals surface area contributed by atoms with Gasteiger partial charge in [0.1, 0.15) is 43.2 Å². The van der Waals surface area contributed by atoms with Crippen molar-refractivity contribution < 1.29 is 47.6 Å². The second-order valence-electron chi connectivity index (χ2n) is 8.77. The molecule has 10 heteroatoms. The molecule has 0 radical (unpaired) electrons. The van der Waals surface area contributed by atoms with E-state index in [2.05, 4.69) is 6.58 Å². The van der Waals surface area contributed by atoms with E-state index < -0.39 is 47.8 Å². The Bertz CT molecular complexity index is 991. The Kier molecular flexibility index (Phi) is 5.92. The molecule has 0 amide bonds. The number of ether oxygens (including phenoxy) is 6. The Morgan fingerprint density at radius 1 is 1.12 bits per heavy atom. The molecule has 0 aromatic rings. The van der Waals surface area contributed by atoms with Gasteiger partial charge in [-0.15, -0.1) is 0 Å². The van der Waals surface area contributed by atoms with Crippen molar-refractivity contribution in [1.29, 1.82) is 0 Å². The standard InChI is InChI=1S/C23H26O10/c1-10(2)21(26)31-15-6-13(8-28-11(3)24)7-16-19(30-16)23(5)20(33-23)18-17(15)14(22(27)32-18)9-29-12(4)25/h7,15-16,18-20H,1,6,8-9H2,2-5H3/b13-7+/t15-,16+,18-,19+,20-,23-/m0/s1. The first-order valence-electron chi connectivity index (χ1n) is 10.6. The van der Waals surface area contributed by atoms with Gasteiger partial charge < -0.3 is 28.4 Å². The number of rotatable bonds is 6. The van der Waals surface area contributed by atoms with Crippen molar-refractivity contribution in [1.82, 2.24) is 0 Å². The first-order valence-corrected chi connectivity index (χ1v) is 10.6. The third kappa shape index (κ3) is 4.58. The zero-order valence-electron chi connectivity index (χ0n) is 18.9. The third-order valence-electron chi connectivity index (χ3n) is 6.06. The molecule has 33 heavy (non-hydrogen) atoms. The van der Waals surface area contributed by atoms with Gasteiger partial charge in [0.15, 0.2) is 6.10 Å². The van der Waals surface area contributed by atoms with Crippen LogP contribution in [0.3, 0.4) is 0 Å². The van der Waals surface area contributed by atoms with Crippen molar-refractivity contribution in [3.05, 3.63) is 34.9 Å². The van der Waals surface area contributed by atoms with Gasteiger partial charge in [-0.1, -0.05) is 12.7 Å². The number of carbonyl (C=O) groups excluding carboxylic acids is 4. The Morgan fingerprint density at radius 2 is 1.79 bits per heavy atom. The van der Waals surface area contributed by atoms with Gasteiger partial charge in [0.2, 0.25) is 0 Å². The first kappa shape index (κ1) is 23.2. The van der Waals surface area contributed by atoms with Crippen LogP contribution in [0.2, 0.25) is 0 Å². The van der Waals surface area contributed by atoms with Crippen LogP contribution < -0.4 is 0 Å². The minimum atomic E-state index is -0.971. The van der Waals surface area contributed by atoms with E-state index in [1.807, 2.05) is 13.0 Å². The molecule has 2 fully saturated rings. The monoisotopic (exact) mass is 462 g/mol. The molecule has 4 rings (SSSR count). The fourth-order valence-corrected chi connectivity index (χ4v) is 4.29. The molecule has 0 aromatic carbocycles. The Morgan fingerprint density at radius 3 is 2.42 bits per heavy atom. The number of fused-ring (bicyclic) bond motifs is 5. The highest BCUT2D eigenvalue weighted by Crippen LogP contribution is 2.54. The minimum absolute atomic E-state index is 0.0456. The highest BCUT2D eigenvalue weighted by Gasteiger charge is 2.71. The smallest absolute Gasteiger partial charge is 0.338 e. The molecule has 10 nitrogen and oxygen atoms in total. The Balaban J connectivity index is 1.77. The summed E-state index contributed by atoms with van der Waals surface area (Å²) < 4.78 is 33.3. The molecule has 6 atom stereocenters. The largest absolute Gasteiger partial charge is 0.461 e. The maximum absolute atomic E-state index is 12.8. The molecule has 3 heterocycles. The van der Waals surface area contributed by atoms with Crippen LogP contribution in [-0.2, 0) is 47.6 Å². The van der Waals surface area contributed by atoms with E-state index in [0.717, 1.165) is 0 Å². The van der Waals surface area contributed by atoms with Crippen LogP contribution in [0.5, 0.6) is 0 Å². The van der Waals surface area contributed by atoms with Crippen molar-refractivity contribution >= 4 is 23.9 Å². The molecule has 0 aromatic heterocycles. The van der Waals surface area contributed by atoms with Gasteiger partial charge >= 0.3 is 23.9 Å². The number of hydrogen-bond acceptors (Lipinski definition) is 10. The van der Waals surface area contributed by atoms with E-state index in [4.69, 9.17) is 28.4 Å². The van der Waals surface area contributed by atoms with Gasteiger partial charge in [0, 0.05) is 31.4 Å². The lowest BCUT2D eigenvalue weighted by Gasteiger charge is -2.25. The predicted molar refractivity (Wildman–Crippen MR) is 110 cm³/mol. The van der Waals surface area contributed by atoms with Gasteiger partial charge in [-0.3, -0.25) is 9.59 Å². The van der Waals surface area contributed by atoms with Crippen LogP contribution in [0.4, 0.5) is 0 Å². The summed E-state index contributed by atoms with van der Waals surface area (Å²) in [6.45, 7) is 9.11. The van der Waals surface area contributed by atoms with Crippen molar-refractivity contribution in [2.45, 2.75) is 70.2 Å². The molecule has 0 unspecified atom stereocenters. The Hall–Kier alpha value is -2.98. The summed E-state index contributed by atoms with van der Waals surface area (Å²) in [6, 6.07) is 0. The highest BCUT2D eigenvalue weighted by molar-refractivity contribution is 5.94. The maximum atomic E-state index is 12.8. The molecular formula is C23H26O10. The van der Waals surface area contributed by atoms with Crippen LogP contribution in [0, 0.1) is 0 Å². The molecule has 1 aliphatic carbocycles.